The van der Waals surface area contributed by atoms with Crippen molar-refractivity contribution in [3.8, 4) is 0 Å². The first-order valence-corrected chi connectivity index (χ1v) is 10.6. The fourth-order valence-electron chi connectivity index (χ4n) is 2.90. The molecule has 144 valence electrons. The molecule has 0 atom stereocenters. The first-order valence-electron chi connectivity index (χ1n) is 10.6. The summed E-state index contributed by atoms with van der Waals surface area (Å²) in [6, 6.07) is 0. The van der Waals surface area contributed by atoms with Crippen LogP contribution in [0.3, 0.4) is 0 Å². The fourth-order valence-corrected chi connectivity index (χ4v) is 2.90. The van der Waals surface area contributed by atoms with Gasteiger partial charge in [0.05, 0.1) is 6.10 Å². The van der Waals surface area contributed by atoms with Crippen molar-refractivity contribution in [2.24, 2.45) is 0 Å². The van der Waals surface area contributed by atoms with E-state index < -0.39 is 0 Å². The highest BCUT2D eigenvalue weighted by atomic mass is 16.5. The van der Waals surface area contributed by atoms with E-state index in [-0.39, 0.29) is 12.1 Å². The Morgan fingerprint density at radius 3 is 1.71 bits per heavy atom. The fraction of sp³-hybridized carbons (Fsp3) is 0.952. The number of hydrogen-bond donors (Lipinski definition) is 1. The van der Waals surface area contributed by atoms with Crippen LogP contribution in [-0.4, -0.2) is 25.2 Å². The average Bonchev–Trinajstić information content (AvgIpc) is 2.53. The molecule has 0 aromatic rings. The SMILES string of the molecule is CCCCCCCCCCCCCCNCCCC(=O)OC(C)C. The molecule has 0 bridgehead atoms. The molecule has 24 heavy (non-hydrogen) atoms. The third-order valence-electron chi connectivity index (χ3n) is 4.31. The number of unbranched alkanes of at least 4 members (excludes halogenated alkanes) is 11. The minimum absolute atomic E-state index is 0.00603. The summed E-state index contributed by atoms with van der Waals surface area (Å²) in [6.07, 6.45) is 18.1. The van der Waals surface area contributed by atoms with Crippen molar-refractivity contribution in [1.82, 2.24) is 5.32 Å². The smallest absolute Gasteiger partial charge is 0.306 e. The molecule has 0 heterocycles. The van der Waals surface area contributed by atoms with Crippen LogP contribution < -0.4 is 5.32 Å². The van der Waals surface area contributed by atoms with Gasteiger partial charge >= 0.3 is 5.97 Å². The molecule has 1 N–H and O–H groups in total. The second-order valence-corrected chi connectivity index (χ2v) is 7.28. The monoisotopic (exact) mass is 341 g/mol. The molecule has 0 aliphatic carbocycles. The molecular weight excluding hydrogens is 298 g/mol. The van der Waals surface area contributed by atoms with Gasteiger partial charge in [-0.2, -0.15) is 0 Å². The summed E-state index contributed by atoms with van der Waals surface area (Å²) < 4.78 is 5.11. The second kappa shape index (κ2) is 18.8. The van der Waals surface area contributed by atoms with Gasteiger partial charge in [-0.3, -0.25) is 4.79 Å². The lowest BCUT2D eigenvalue weighted by molar-refractivity contribution is -0.147. The molecular formula is C21H43NO2. The molecule has 0 unspecified atom stereocenters. The van der Waals surface area contributed by atoms with Crippen molar-refractivity contribution in [3.05, 3.63) is 0 Å². The number of carbonyl (C=O) groups excluding carboxylic acids is 1. The maximum absolute atomic E-state index is 11.4. The maximum atomic E-state index is 11.4. The van der Waals surface area contributed by atoms with Gasteiger partial charge in [0.2, 0.25) is 0 Å². The minimum atomic E-state index is -0.0721. The second-order valence-electron chi connectivity index (χ2n) is 7.28. The number of hydrogen-bond acceptors (Lipinski definition) is 3. The number of esters is 1. The molecule has 3 heteroatoms. The van der Waals surface area contributed by atoms with Crippen LogP contribution >= 0.6 is 0 Å². The Hall–Kier alpha value is -0.570. The van der Waals surface area contributed by atoms with E-state index in [2.05, 4.69) is 12.2 Å². The van der Waals surface area contributed by atoms with Crippen molar-refractivity contribution >= 4 is 5.97 Å². The average molecular weight is 342 g/mol. The van der Waals surface area contributed by atoms with Gasteiger partial charge in [-0.05, 0) is 39.8 Å². The quantitative estimate of drug-likeness (QED) is 0.245. The van der Waals surface area contributed by atoms with Gasteiger partial charge < -0.3 is 10.1 Å². The van der Waals surface area contributed by atoms with Crippen molar-refractivity contribution in [1.29, 1.82) is 0 Å². The van der Waals surface area contributed by atoms with Crippen LogP contribution in [0, 0.1) is 0 Å². The minimum Gasteiger partial charge on any atom is -0.463 e. The number of carbonyl (C=O) groups is 1. The molecule has 0 saturated carbocycles. The van der Waals surface area contributed by atoms with Crippen LogP contribution in [0.5, 0.6) is 0 Å². The van der Waals surface area contributed by atoms with Gasteiger partial charge in [-0.1, -0.05) is 77.6 Å². The van der Waals surface area contributed by atoms with Gasteiger partial charge in [0.15, 0.2) is 0 Å². The summed E-state index contributed by atoms with van der Waals surface area (Å²) in [6.45, 7) is 8.06. The van der Waals surface area contributed by atoms with Crippen LogP contribution in [0.4, 0.5) is 0 Å². The molecule has 0 fully saturated rings. The van der Waals surface area contributed by atoms with E-state index in [1.54, 1.807) is 0 Å². The first-order chi connectivity index (χ1) is 11.7. The van der Waals surface area contributed by atoms with Crippen LogP contribution in [0.25, 0.3) is 0 Å². The molecule has 0 saturated heterocycles. The van der Waals surface area contributed by atoms with Crippen molar-refractivity contribution in [2.45, 2.75) is 117 Å². The van der Waals surface area contributed by atoms with Gasteiger partial charge in [0.1, 0.15) is 0 Å². The zero-order chi connectivity index (χ0) is 17.9. The Bertz CT molecular complexity index is 267. The van der Waals surface area contributed by atoms with E-state index in [0.29, 0.717) is 6.42 Å². The molecule has 0 aromatic heterocycles. The third-order valence-corrected chi connectivity index (χ3v) is 4.31. The van der Waals surface area contributed by atoms with Gasteiger partial charge in [0, 0.05) is 6.42 Å². The third kappa shape index (κ3) is 19.5. The van der Waals surface area contributed by atoms with Crippen molar-refractivity contribution < 1.29 is 9.53 Å². The topological polar surface area (TPSA) is 38.3 Å². The molecule has 0 aromatic carbocycles. The number of rotatable bonds is 18. The summed E-state index contributed by atoms with van der Waals surface area (Å²) >= 11 is 0. The summed E-state index contributed by atoms with van der Waals surface area (Å²) in [5.74, 6) is -0.0721. The normalized spacial score (nSPS) is 11.2. The summed E-state index contributed by atoms with van der Waals surface area (Å²) in [5, 5.41) is 3.42. The van der Waals surface area contributed by atoms with Gasteiger partial charge in [-0.25, -0.2) is 0 Å². The highest BCUT2D eigenvalue weighted by molar-refractivity contribution is 5.69. The van der Waals surface area contributed by atoms with E-state index in [0.717, 1.165) is 19.5 Å². The molecule has 0 rings (SSSR count). The van der Waals surface area contributed by atoms with Crippen LogP contribution in [-0.2, 0) is 9.53 Å². The van der Waals surface area contributed by atoms with Crippen molar-refractivity contribution in [3.63, 3.8) is 0 Å². The Morgan fingerprint density at radius 1 is 0.750 bits per heavy atom. The van der Waals surface area contributed by atoms with Crippen LogP contribution in [0.15, 0.2) is 0 Å². The lowest BCUT2D eigenvalue weighted by Crippen LogP contribution is -2.19. The van der Waals surface area contributed by atoms with Crippen LogP contribution in [0.1, 0.15) is 111 Å². The van der Waals surface area contributed by atoms with E-state index in [1.807, 2.05) is 13.8 Å². The molecule has 0 aliphatic heterocycles. The molecule has 0 amide bonds. The Labute approximate surface area is 151 Å². The summed E-state index contributed by atoms with van der Waals surface area (Å²) in [5.41, 5.74) is 0. The van der Waals surface area contributed by atoms with E-state index in [1.165, 1.54) is 77.0 Å². The van der Waals surface area contributed by atoms with Crippen molar-refractivity contribution in [2.75, 3.05) is 13.1 Å². The molecule has 0 aliphatic rings. The highest BCUT2D eigenvalue weighted by Gasteiger charge is 2.04. The highest BCUT2D eigenvalue weighted by Crippen LogP contribution is 2.11. The summed E-state index contributed by atoms with van der Waals surface area (Å²) in [7, 11) is 0. The van der Waals surface area contributed by atoms with E-state index >= 15 is 0 Å². The lowest BCUT2D eigenvalue weighted by Gasteiger charge is -2.08. The lowest BCUT2D eigenvalue weighted by atomic mass is 10.1. The summed E-state index contributed by atoms with van der Waals surface area (Å²) in [4.78, 5) is 11.4. The Morgan fingerprint density at radius 2 is 1.21 bits per heavy atom. The van der Waals surface area contributed by atoms with E-state index in [4.69, 9.17) is 4.74 Å². The predicted octanol–water partition coefficient (Wildman–Crippen LogP) is 6.01. The standard InChI is InChI=1S/C21H43NO2/c1-4-5-6-7-8-9-10-11-12-13-14-15-18-22-19-16-17-21(23)24-20(2)3/h20,22H,4-19H2,1-3H3. The van der Waals surface area contributed by atoms with Gasteiger partial charge in [-0.15, -0.1) is 0 Å². The molecule has 3 nitrogen and oxygen atoms in total. The first kappa shape index (κ1) is 23.4. The van der Waals surface area contributed by atoms with Gasteiger partial charge in [0.25, 0.3) is 0 Å². The predicted molar refractivity (Wildman–Crippen MR) is 104 cm³/mol. The zero-order valence-electron chi connectivity index (χ0n) is 16.7. The number of ether oxygens (including phenoxy) is 1. The zero-order valence-corrected chi connectivity index (χ0v) is 16.7. The Kier molecular flexibility index (Phi) is 18.3. The largest absolute Gasteiger partial charge is 0.463 e. The Balaban J connectivity index is 3.06. The van der Waals surface area contributed by atoms with E-state index in [9.17, 15) is 4.79 Å². The maximum Gasteiger partial charge on any atom is 0.306 e. The number of nitrogens with one attached hydrogen (secondary N) is 1. The molecule has 0 radical (unpaired) electrons. The molecule has 0 spiro atoms. The van der Waals surface area contributed by atoms with Crippen LogP contribution in [0.2, 0.25) is 0 Å².